The van der Waals surface area contributed by atoms with Crippen molar-refractivity contribution in [3.63, 3.8) is 0 Å². The molecule has 0 atom stereocenters. The summed E-state index contributed by atoms with van der Waals surface area (Å²) in [5, 5.41) is 3.61. The summed E-state index contributed by atoms with van der Waals surface area (Å²) < 4.78 is 22.8. The van der Waals surface area contributed by atoms with E-state index in [0.29, 0.717) is 28.2 Å². The molecule has 0 saturated heterocycles. The van der Waals surface area contributed by atoms with Gasteiger partial charge in [-0.25, -0.2) is 18.4 Å². The third-order valence-electron chi connectivity index (χ3n) is 3.01. The molecule has 112 valence electrons. The molecule has 0 radical (unpaired) electrons. The zero-order valence-corrected chi connectivity index (χ0v) is 13.6. The number of hydrogen-bond acceptors (Lipinski definition) is 5. The second-order valence-corrected chi connectivity index (χ2v) is 7.18. The molecule has 0 bridgehead atoms. The Balaban J connectivity index is 2.14. The Morgan fingerprint density at radius 3 is 2.33 bits per heavy atom. The molecule has 0 aliphatic rings. The van der Waals surface area contributed by atoms with Crippen LogP contribution in [0.1, 0.15) is 17.0 Å². The fourth-order valence-electron chi connectivity index (χ4n) is 1.81. The third-order valence-corrected chi connectivity index (χ3v) is 4.51. The van der Waals surface area contributed by atoms with E-state index in [-0.39, 0.29) is 0 Å². The van der Waals surface area contributed by atoms with E-state index >= 15 is 0 Å². The maximum atomic E-state index is 11.4. The van der Waals surface area contributed by atoms with E-state index in [1.807, 2.05) is 6.92 Å². The highest BCUT2D eigenvalue weighted by molar-refractivity contribution is 7.90. The Labute approximate surface area is 129 Å². The number of hydrogen-bond donors (Lipinski definition) is 1. The van der Waals surface area contributed by atoms with E-state index in [2.05, 4.69) is 15.3 Å². The summed E-state index contributed by atoms with van der Waals surface area (Å²) >= 11 is 6.01. The zero-order valence-electron chi connectivity index (χ0n) is 12.0. The van der Waals surface area contributed by atoms with Crippen LogP contribution in [-0.2, 0) is 16.4 Å². The van der Waals surface area contributed by atoms with Crippen molar-refractivity contribution in [1.82, 2.24) is 9.97 Å². The monoisotopic (exact) mass is 325 g/mol. The molecule has 1 aromatic carbocycles. The van der Waals surface area contributed by atoms with Crippen molar-refractivity contribution in [2.45, 2.75) is 25.3 Å². The Morgan fingerprint density at radius 1 is 1.14 bits per heavy atom. The van der Waals surface area contributed by atoms with Gasteiger partial charge in [0.1, 0.15) is 16.8 Å². The average Bonchev–Trinajstić information content (AvgIpc) is 2.40. The molecule has 0 fully saturated rings. The first-order chi connectivity index (χ1) is 9.77. The number of rotatable bonds is 4. The molecule has 21 heavy (non-hydrogen) atoms. The molecule has 1 N–H and O–H groups in total. The summed E-state index contributed by atoms with van der Waals surface area (Å²) in [5.74, 6) is 1.28. The molecule has 0 spiro atoms. The highest BCUT2D eigenvalue weighted by Gasteiger charge is 2.08. The van der Waals surface area contributed by atoms with Crippen molar-refractivity contribution < 1.29 is 8.42 Å². The Kier molecular flexibility index (Phi) is 4.49. The molecule has 1 heterocycles. The van der Waals surface area contributed by atoms with Gasteiger partial charge in [0.25, 0.3) is 0 Å². The van der Waals surface area contributed by atoms with Gasteiger partial charge in [-0.15, -0.1) is 0 Å². The summed E-state index contributed by atoms with van der Waals surface area (Å²) in [7, 11) is -3.16. The van der Waals surface area contributed by atoms with Gasteiger partial charge < -0.3 is 5.32 Å². The van der Waals surface area contributed by atoms with Gasteiger partial charge in [0, 0.05) is 18.4 Å². The molecule has 5 nitrogen and oxygen atoms in total. The number of nitrogens with one attached hydrogen (secondary N) is 1. The van der Waals surface area contributed by atoms with Gasteiger partial charge >= 0.3 is 0 Å². The van der Waals surface area contributed by atoms with Crippen molar-refractivity contribution in [1.29, 1.82) is 0 Å². The first kappa shape index (κ1) is 15.7. The first-order valence-corrected chi connectivity index (χ1v) is 8.58. The molecule has 0 unspecified atom stereocenters. The molecule has 1 aromatic heterocycles. The molecule has 0 saturated carbocycles. The second-order valence-electron chi connectivity index (χ2n) is 4.80. The normalized spacial score (nSPS) is 11.4. The number of aromatic nitrogens is 2. The maximum Gasteiger partial charge on any atom is 0.175 e. The molecule has 2 aromatic rings. The van der Waals surface area contributed by atoms with Gasteiger partial charge in [0.15, 0.2) is 9.84 Å². The lowest BCUT2D eigenvalue weighted by atomic mass is 10.2. The van der Waals surface area contributed by atoms with E-state index < -0.39 is 9.84 Å². The van der Waals surface area contributed by atoms with Gasteiger partial charge in [-0.2, -0.15) is 0 Å². The SMILES string of the molecule is Cc1nc(Cl)c(C)c(NCc2ccc(S(C)(=O)=O)cc2)n1. The Hall–Kier alpha value is -1.66. The average molecular weight is 326 g/mol. The van der Waals surface area contributed by atoms with Crippen LogP contribution in [0, 0.1) is 13.8 Å². The molecule has 0 aliphatic carbocycles. The topological polar surface area (TPSA) is 72.0 Å². The molecule has 2 rings (SSSR count). The number of sulfone groups is 1. The zero-order chi connectivity index (χ0) is 15.6. The molecule has 0 amide bonds. The smallest absolute Gasteiger partial charge is 0.175 e. The minimum atomic E-state index is -3.16. The largest absolute Gasteiger partial charge is 0.366 e. The molecular weight excluding hydrogens is 310 g/mol. The number of halogens is 1. The minimum absolute atomic E-state index is 0.309. The fraction of sp³-hybridized carbons (Fsp3) is 0.286. The van der Waals surface area contributed by atoms with E-state index in [9.17, 15) is 8.42 Å². The van der Waals surface area contributed by atoms with Crippen molar-refractivity contribution in [2.75, 3.05) is 11.6 Å². The van der Waals surface area contributed by atoms with Crippen LogP contribution in [0.25, 0.3) is 0 Å². The van der Waals surface area contributed by atoms with Crippen LogP contribution in [0.5, 0.6) is 0 Å². The van der Waals surface area contributed by atoms with Crippen LogP contribution >= 0.6 is 11.6 Å². The summed E-state index contributed by atoms with van der Waals surface area (Å²) in [6, 6.07) is 6.73. The summed E-state index contributed by atoms with van der Waals surface area (Å²) in [6.07, 6.45) is 1.19. The van der Waals surface area contributed by atoms with E-state index in [1.165, 1.54) is 6.26 Å². The summed E-state index contributed by atoms with van der Waals surface area (Å²) in [4.78, 5) is 8.69. The van der Waals surface area contributed by atoms with Gasteiger partial charge in [-0.05, 0) is 31.5 Å². The highest BCUT2D eigenvalue weighted by atomic mass is 35.5. The predicted molar refractivity (Wildman–Crippen MR) is 83.4 cm³/mol. The van der Waals surface area contributed by atoms with Crippen LogP contribution in [0.2, 0.25) is 5.15 Å². The Bertz CT molecular complexity index is 759. The lowest BCUT2D eigenvalue weighted by Crippen LogP contribution is -2.06. The van der Waals surface area contributed by atoms with Crippen LogP contribution in [0.4, 0.5) is 5.82 Å². The van der Waals surface area contributed by atoms with Crippen molar-refractivity contribution in [2.24, 2.45) is 0 Å². The highest BCUT2D eigenvalue weighted by Crippen LogP contribution is 2.20. The molecule has 7 heteroatoms. The van der Waals surface area contributed by atoms with Crippen LogP contribution < -0.4 is 5.32 Å². The predicted octanol–water partition coefficient (Wildman–Crippen LogP) is 2.76. The lowest BCUT2D eigenvalue weighted by molar-refractivity contribution is 0.602. The van der Waals surface area contributed by atoms with Gasteiger partial charge in [0.2, 0.25) is 0 Å². The standard InChI is InChI=1S/C14H16ClN3O2S/c1-9-13(15)17-10(2)18-14(9)16-8-11-4-6-12(7-5-11)21(3,19)20/h4-7H,8H2,1-3H3,(H,16,17,18). The Morgan fingerprint density at radius 2 is 1.76 bits per heavy atom. The number of benzene rings is 1. The second kappa shape index (κ2) is 5.99. The maximum absolute atomic E-state index is 11.4. The quantitative estimate of drug-likeness (QED) is 0.875. The van der Waals surface area contributed by atoms with Crippen molar-refractivity contribution in [3.05, 3.63) is 46.4 Å². The molecular formula is C14H16ClN3O2S. The van der Waals surface area contributed by atoms with Crippen LogP contribution in [-0.4, -0.2) is 24.6 Å². The number of aryl methyl sites for hydroxylation is 1. The van der Waals surface area contributed by atoms with Gasteiger partial charge in [-0.3, -0.25) is 0 Å². The lowest BCUT2D eigenvalue weighted by Gasteiger charge is -2.10. The summed E-state index contributed by atoms with van der Waals surface area (Å²) in [5.41, 5.74) is 1.74. The van der Waals surface area contributed by atoms with E-state index in [1.54, 1.807) is 31.2 Å². The fourth-order valence-corrected chi connectivity index (χ4v) is 2.65. The van der Waals surface area contributed by atoms with E-state index in [0.717, 1.165) is 11.1 Å². The van der Waals surface area contributed by atoms with Gasteiger partial charge in [-0.1, -0.05) is 23.7 Å². The summed E-state index contributed by atoms with van der Waals surface area (Å²) in [6.45, 7) is 4.14. The number of anilines is 1. The first-order valence-electron chi connectivity index (χ1n) is 6.31. The third kappa shape index (κ3) is 3.92. The number of nitrogens with zero attached hydrogens (tertiary/aromatic N) is 2. The molecule has 0 aliphatic heterocycles. The minimum Gasteiger partial charge on any atom is -0.366 e. The van der Waals surface area contributed by atoms with Gasteiger partial charge in [0.05, 0.1) is 4.90 Å². The van der Waals surface area contributed by atoms with Crippen LogP contribution in [0.15, 0.2) is 29.2 Å². The van der Waals surface area contributed by atoms with E-state index in [4.69, 9.17) is 11.6 Å². The van der Waals surface area contributed by atoms with Crippen molar-refractivity contribution >= 4 is 27.3 Å². The van der Waals surface area contributed by atoms with Crippen molar-refractivity contribution in [3.8, 4) is 0 Å². The van der Waals surface area contributed by atoms with Crippen LogP contribution in [0.3, 0.4) is 0 Å².